The number of pyridine rings is 1. The number of nitrogens with one attached hydrogen (secondary N) is 2. The van der Waals surface area contributed by atoms with Crippen molar-refractivity contribution in [2.24, 2.45) is 0 Å². The van der Waals surface area contributed by atoms with Gasteiger partial charge in [0.1, 0.15) is 23.6 Å². The highest BCUT2D eigenvalue weighted by atomic mass is 32.2. The molecule has 0 unspecified atom stereocenters. The summed E-state index contributed by atoms with van der Waals surface area (Å²) < 4.78 is 61.1. The van der Waals surface area contributed by atoms with Gasteiger partial charge >= 0.3 is 0 Å². The van der Waals surface area contributed by atoms with Crippen molar-refractivity contribution in [1.29, 1.82) is 0 Å². The number of hydrogen-bond donors (Lipinski definition) is 3. The molecule has 0 radical (unpaired) electrons. The first-order chi connectivity index (χ1) is 16.7. The number of methoxy groups -OCH3 is 1. The molecule has 0 bridgehead atoms. The lowest BCUT2D eigenvalue weighted by atomic mass is 10.0. The van der Waals surface area contributed by atoms with Crippen molar-refractivity contribution in [1.82, 2.24) is 15.0 Å². The molecule has 2 aromatic heterocycles. The van der Waals surface area contributed by atoms with Crippen molar-refractivity contribution in [3.8, 4) is 17.0 Å². The molecule has 0 amide bonds. The number of nitrogens with zero attached hydrogens (tertiary/aromatic N) is 3. The van der Waals surface area contributed by atoms with Crippen molar-refractivity contribution >= 4 is 43.8 Å². The highest BCUT2D eigenvalue weighted by molar-refractivity contribution is 7.92. The van der Waals surface area contributed by atoms with E-state index in [9.17, 15) is 12.8 Å². The van der Waals surface area contributed by atoms with Gasteiger partial charge in [0.25, 0.3) is 0 Å². The molecule has 0 spiro atoms. The molecule has 12 heteroatoms. The molecule has 4 rings (SSSR count). The minimum Gasteiger partial charge on any atom is -0.480 e. The Morgan fingerprint density at radius 1 is 1.06 bits per heavy atom. The Hall–Kier alpha value is -4.06. The number of nitrogen functional groups attached to an aromatic ring is 1. The maximum absolute atomic E-state index is 15.1. The van der Waals surface area contributed by atoms with Crippen LogP contribution in [0, 0.1) is 11.6 Å². The average Bonchev–Trinajstić information content (AvgIpc) is 2.83. The number of hydrogen-bond acceptors (Lipinski definition) is 8. The first-order valence-electron chi connectivity index (χ1n) is 10.5. The van der Waals surface area contributed by atoms with Crippen LogP contribution in [0.25, 0.3) is 22.0 Å². The molecular formula is C23H22F2N6O3S. The molecular weight excluding hydrogens is 478 g/mol. The van der Waals surface area contributed by atoms with Crippen molar-refractivity contribution in [3.05, 3.63) is 60.6 Å². The maximum Gasteiger partial charge on any atom is 0.236 e. The lowest BCUT2D eigenvalue weighted by Gasteiger charge is -2.14. The number of fused-ring (bicyclic) bond motifs is 1. The summed E-state index contributed by atoms with van der Waals surface area (Å²) in [6, 6.07) is 8.93. The fourth-order valence-corrected chi connectivity index (χ4v) is 4.62. The molecule has 0 fully saturated rings. The van der Waals surface area contributed by atoms with Gasteiger partial charge in [-0.05, 0) is 42.3 Å². The van der Waals surface area contributed by atoms with Crippen LogP contribution < -0.4 is 20.5 Å². The number of halogens is 2. The Bertz CT molecular complexity index is 1520. The van der Waals surface area contributed by atoms with Gasteiger partial charge in [0, 0.05) is 17.1 Å². The zero-order valence-corrected chi connectivity index (χ0v) is 19.7. The molecule has 4 N–H and O–H groups in total. The van der Waals surface area contributed by atoms with Crippen LogP contribution in [0.5, 0.6) is 5.88 Å². The molecule has 0 aliphatic carbocycles. The number of nitrogens with two attached hydrogens (primary N) is 1. The molecule has 9 nitrogen and oxygen atoms in total. The Labute approximate surface area is 200 Å². The van der Waals surface area contributed by atoms with Gasteiger partial charge < -0.3 is 15.8 Å². The highest BCUT2D eigenvalue weighted by Crippen LogP contribution is 2.33. The highest BCUT2D eigenvalue weighted by Gasteiger charge is 2.19. The van der Waals surface area contributed by atoms with Gasteiger partial charge in [-0.25, -0.2) is 32.2 Å². The van der Waals surface area contributed by atoms with Crippen LogP contribution in [0.4, 0.5) is 31.7 Å². The lowest BCUT2D eigenvalue weighted by molar-refractivity contribution is 0.400. The Morgan fingerprint density at radius 2 is 1.86 bits per heavy atom. The molecule has 0 aliphatic rings. The number of anilines is 4. The van der Waals surface area contributed by atoms with E-state index in [-0.39, 0.29) is 17.3 Å². The lowest BCUT2D eigenvalue weighted by Crippen LogP contribution is -2.17. The van der Waals surface area contributed by atoms with E-state index in [1.807, 2.05) is 0 Å². The summed E-state index contributed by atoms with van der Waals surface area (Å²) in [5, 5.41) is 3.12. The van der Waals surface area contributed by atoms with Crippen LogP contribution in [0.2, 0.25) is 0 Å². The van der Waals surface area contributed by atoms with E-state index in [1.165, 1.54) is 13.4 Å². The Balaban J connectivity index is 1.75. The number of benzene rings is 2. The first kappa shape index (κ1) is 24.1. The number of ether oxygens (including phenoxy) is 1. The minimum absolute atomic E-state index is 0.123. The summed E-state index contributed by atoms with van der Waals surface area (Å²) in [5.41, 5.74) is 7.29. The molecule has 0 saturated carbocycles. The van der Waals surface area contributed by atoms with Crippen molar-refractivity contribution < 1.29 is 21.9 Å². The third kappa shape index (κ3) is 5.06. The fourth-order valence-electron chi connectivity index (χ4n) is 3.49. The van der Waals surface area contributed by atoms with E-state index in [2.05, 4.69) is 25.0 Å². The molecule has 182 valence electrons. The van der Waals surface area contributed by atoms with Gasteiger partial charge in [-0.1, -0.05) is 13.0 Å². The second-order valence-corrected chi connectivity index (χ2v) is 9.45. The average molecular weight is 501 g/mol. The van der Waals surface area contributed by atoms with E-state index in [4.69, 9.17) is 10.5 Å². The molecule has 0 aliphatic heterocycles. The number of sulfonamides is 1. The van der Waals surface area contributed by atoms with Crippen LogP contribution >= 0.6 is 0 Å². The van der Waals surface area contributed by atoms with E-state index in [0.29, 0.717) is 40.0 Å². The van der Waals surface area contributed by atoms with Gasteiger partial charge in [0.15, 0.2) is 5.82 Å². The minimum atomic E-state index is -3.78. The van der Waals surface area contributed by atoms with Crippen LogP contribution in [0.15, 0.2) is 48.9 Å². The first-order valence-corrected chi connectivity index (χ1v) is 12.2. The van der Waals surface area contributed by atoms with Crippen LogP contribution in [0.1, 0.15) is 13.3 Å². The van der Waals surface area contributed by atoms with E-state index in [1.54, 1.807) is 37.4 Å². The molecule has 4 aromatic rings. The van der Waals surface area contributed by atoms with Gasteiger partial charge in [0.2, 0.25) is 15.9 Å². The second-order valence-electron chi connectivity index (χ2n) is 7.61. The maximum atomic E-state index is 15.1. The Morgan fingerprint density at radius 3 is 2.57 bits per heavy atom. The number of rotatable bonds is 8. The zero-order chi connectivity index (χ0) is 25.2. The number of aromatic nitrogens is 3. The second kappa shape index (κ2) is 9.66. The predicted octanol–water partition coefficient (Wildman–Crippen LogP) is 4.46. The topological polar surface area (TPSA) is 132 Å². The van der Waals surface area contributed by atoms with Crippen LogP contribution in [0.3, 0.4) is 0 Å². The summed E-state index contributed by atoms with van der Waals surface area (Å²) in [6.45, 7) is 1.68. The summed E-state index contributed by atoms with van der Waals surface area (Å²) >= 11 is 0. The zero-order valence-electron chi connectivity index (χ0n) is 18.8. The fraction of sp³-hybridized carbons (Fsp3) is 0.174. The summed E-state index contributed by atoms with van der Waals surface area (Å²) in [5.74, 6) is -1.80. The van der Waals surface area contributed by atoms with Crippen molar-refractivity contribution in [2.45, 2.75) is 13.3 Å². The third-order valence-electron chi connectivity index (χ3n) is 5.11. The van der Waals surface area contributed by atoms with Crippen molar-refractivity contribution in [2.75, 3.05) is 28.6 Å². The SMILES string of the molecule is CCCS(=O)(=O)Nc1ccc(F)c(Nc2ncnc3ccc(-c4cnc(OC)c(N)c4)cc23)c1F. The monoisotopic (exact) mass is 500 g/mol. The molecule has 0 saturated heterocycles. The molecule has 2 aromatic carbocycles. The van der Waals surface area contributed by atoms with Crippen LogP contribution in [-0.2, 0) is 10.0 Å². The van der Waals surface area contributed by atoms with Crippen molar-refractivity contribution in [3.63, 3.8) is 0 Å². The van der Waals surface area contributed by atoms with Gasteiger partial charge in [-0.15, -0.1) is 0 Å². The van der Waals surface area contributed by atoms with E-state index >= 15 is 4.39 Å². The Kier molecular flexibility index (Phi) is 6.65. The van der Waals surface area contributed by atoms with Crippen LogP contribution in [-0.4, -0.2) is 36.2 Å². The van der Waals surface area contributed by atoms with E-state index < -0.39 is 27.3 Å². The largest absolute Gasteiger partial charge is 0.480 e. The molecule has 35 heavy (non-hydrogen) atoms. The van der Waals surface area contributed by atoms with Gasteiger partial charge in [0.05, 0.1) is 29.8 Å². The summed E-state index contributed by atoms with van der Waals surface area (Å²) in [4.78, 5) is 12.5. The van der Waals surface area contributed by atoms with Gasteiger partial charge in [-0.2, -0.15) is 0 Å². The smallest absolute Gasteiger partial charge is 0.236 e. The normalized spacial score (nSPS) is 11.4. The molecule has 0 atom stereocenters. The molecule has 2 heterocycles. The third-order valence-corrected chi connectivity index (χ3v) is 6.59. The standard InChI is InChI=1S/C23H22F2N6O3S/c1-3-8-35(32,33)31-19-7-5-16(24)21(20(19)25)30-22-15-9-13(4-6-18(15)28-12-29-22)14-10-17(26)23(34-2)27-11-14/h4-7,9-12,31H,3,8,26H2,1-2H3,(H,28,29,30). The van der Waals surface area contributed by atoms with E-state index in [0.717, 1.165) is 12.1 Å². The van der Waals surface area contributed by atoms with Gasteiger partial charge in [-0.3, -0.25) is 4.72 Å². The summed E-state index contributed by atoms with van der Waals surface area (Å²) in [6.07, 6.45) is 3.17. The predicted molar refractivity (Wildman–Crippen MR) is 131 cm³/mol. The summed E-state index contributed by atoms with van der Waals surface area (Å²) in [7, 11) is -2.32. The quantitative estimate of drug-likeness (QED) is 0.323.